The number of thioether (sulfide) groups is 1. The minimum Gasteiger partial charge on any atom is -0.455 e. The number of nitrogens with one attached hydrogen (secondary N) is 1. The summed E-state index contributed by atoms with van der Waals surface area (Å²) in [5.74, 6) is 1.86. The fourth-order valence-electron chi connectivity index (χ4n) is 3.75. The molecule has 33 heavy (non-hydrogen) atoms. The summed E-state index contributed by atoms with van der Waals surface area (Å²) in [5.41, 5.74) is 0.504. The van der Waals surface area contributed by atoms with Crippen LogP contribution in [0.4, 0.5) is 11.5 Å². The summed E-state index contributed by atoms with van der Waals surface area (Å²) >= 11 is 9.08. The average Bonchev–Trinajstić information content (AvgIpc) is 3.51. The van der Waals surface area contributed by atoms with Crippen LogP contribution in [-0.2, 0) is 0 Å². The van der Waals surface area contributed by atoms with Crippen molar-refractivity contribution in [1.82, 2.24) is 9.97 Å². The van der Waals surface area contributed by atoms with Crippen LogP contribution in [0.1, 0.15) is 22.5 Å². The third-order valence-corrected chi connectivity index (χ3v) is 7.14. The minimum atomic E-state index is -0.240. The number of para-hydroxylation sites is 1. The Balaban J connectivity index is 1.46. The van der Waals surface area contributed by atoms with Gasteiger partial charge in [-0.3, -0.25) is 4.79 Å². The predicted molar refractivity (Wildman–Crippen MR) is 137 cm³/mol. The zero-order chi connectivity index (χ0) is 22.8. The molecule has 4 aromatic rings. The number of fused-ring (bicyclic) bond motifs is 1. The van der Waals surface area contributed by atoms with Gasteiger partial charge in [0.05, 0.1) is 16.0 Å². The van der Waals surface area contributed by atoms with Crippen LogP contribution in [-0.4, -0.2) is 35.2 Å². The number of thiophene rings is 1. The standard InChI is InChI=1S/C24H21ClN4O2S2/c1-32-24-27-21(29-11-5-6-12-29)17-14-20(33-23(17)28-24)22(30)26-18-13-15(25)9-10-19(18)31-16-7-3-2-4-8-16/h2-4,7-10,13-14H,5-6,11-12H2,1H3,(H,26,30). The molecule has 1 fully saturated rings. The molecule has 2 aromatic carbocycles. The van der Waals surface area contributed by atoms with E-state index in [1.165, 1.54) is 23.1 Å². The molecule has 1 saturated heterocycles. The Morgan fingerprint density at radius 3 is 2.67 bits per heavy atom. The molecule has 0 spiro atoms. The van der Waals surface area contributed by atoms with E-state index in [9.17, 15) is 4.79 Å². The van der Waals surface area contributed by atoms with Gasteiger partial charge in [0.1, 0.15) is 16.4 Å². The number of rotatable bonds is 6. The maximum atomic E-state index is 13.2. The minimum absolute atomic E-state index is 0.240. The number of carbonyl (C=O) groups is 1. The van der Waals surface area contributed by atoms with Crippen LogP contribution < -0.4 is 15.0 Å². The smallest absolute Gasteiger partial charge is 0.265 e. The first-order chi connectivity index (χ1) is 16.1. The molecule has 0 bridgehead atoms. The van der Waals surface area contributed by atoms with Gasteiger partial charge in [-0.05, 0) is 55.5 Å². The fraction of sp³-hybridized carbons (Fsp3) is 0.208. The summed E-state index contributed by atoms with van der Waals surface area (Å²) in [7, 11) is 0. The number of benzene rings is 2. The van der Waals surface area contributed by atoms with Gasteiger partial charge in [-0.2, -0.15) is 0 Å². The summed E-state index contributed by atoms with van der Waals surface area (Å²) < 4.78 is 5.98. The van der Waals surface area contributed by atoms with Crippen LogP contribution in [0.3, 0.4) is 0 Å². The van der Waals surface area contributed by atoms with Gasteiger partial charge in [0, 0.05) is 18.1 Å². The highest BCUT2D eigenvalue weighted by Crippen LogP contribution is 2.36. The van der Waals surface area contributed by atoms with Crippen LogP contribution in [0.5, 0.6) is 11.5 Å². The van der Waals surface area contributed by atoms with E-state index in [1.54, 1.807) is 18.2 Å². The first-order valence-corrected chi connectivity index (χ1v) is 13.0. The van der Waals surface area contributed by atoms with E-state index in [-0.39, 0.29) is 5.91 Å². The number of carbonyl (C=O) groups excluding carboxylic acids is 1. The molecule has 5 rings (SSSR count). The molecule has 2 aromatic heterocycles. The number of amides is 1. The topological polar surface area (TPSA) is 67.4 Å². The average molecular weight is 497 g/mol. The SMILES string of the molecule is CSc1nc(N2CCCC2)c2cc(C(=O)Nc3cc(Cl)ccc3Oc3ccccc3)sc2n1. The van der Waals surface area contributed by atoms with E-state index in [0.717, 1.165) is 42.0 Å². The third kappa shape index (κ3) is 4.78. The molecule has 0 aliphatic carbocycles. The van der Waals surface area contributed by atoms with Gasteiger partial charge < -0.3 is 15.0 Å². The van der Waals surface area contributed by atoms with E-state index in [2.05, 4.69) is 15.2 Å². The van der Waals surface area contributed by atoms with Crippen LogP contribution in [0.2, 0.25) is 5.02 Å². The second kappa shape index (κ2) is 9.59. The van der Waals surface area contributed by atoms with Crippen molar-refractivity contribution in [1.29, 1.82) is 0 Å². The third-order valence-electron chi connectivity index (χ3n) is 5.32. The lowest BCUT2D eigenvalue weighted by atomic mass is 10.2. The van der Waals surface area contributed by atoms with Gasteiger partial charge in [-0.1, -0.05) is 41.6 Å². The number of aromatic nitrogens is 2. The van der Waals surface area contributed by atoms with Crippen molar-refractivity contribution in [2.75, 3.05) is 29.6 Å². The number of nitrogens with zero attached hydrogens (tertiary/aromatic N) is 3. The summed E-state index contributed by atoms with van der Waals surface area (Å²) in [4.78, 5) is 26.3. The van der Waals surface area contributed by atoms with Crippen molar-refractivity contribution in [3.63, 3.8) is 0 Å². The monoisotopic (exact) mass is 496 g/mol. The Morgan fingerprint density at radius 2 is 1.91 bits per heavy atom. The van der Waals surface area contributed by atoms with Crippen LogP contribution >= 0.6 is 34.7 Å². The van der Waals surface area contributed by atoms with Crippen LogP contribution in [0.25, 0.3) is 10.2 Å². The summed E-state index contributed by atoms with van der Waals surface area (Å²) in [6.07, 6.45) is 4.26. The molecule has 0 radical (unpaired) electrons. The summed E-state index contributed by atoms with van der Waals surface area (Å²) in [5, 5.41) is 5.10. The van der Waals surface area contributed by atoms with E-state index in [4.69, 9.17) is 21.3 Å². The molecule has 9 heteroatoms. The first kappa shape index (κ1) is 22.0. The Bertz CT molecular complexity index is 1310. The maximum absolute atomic E-state index is 13.2. The van der Waals surface area contributed by atoms with Gasteiger partial charge in [0.15, 0.2) is 10.9 Å². The van der Waals surface area contributed by atoms with Gasteiger partial charge in [0.25, 0.3) is 5.91 Å². The van der Waals surface area contributed by atoms with Gasteiger partial charge in [0.2, 0.25) is 0 Å². The van der Waals surface area contributed by atoms with Gasteiger partial charge in [-0.25, -0.2) is 9.97 Å². The molecule has 1 aliphatic rings. The quantitative estimate of drug-likeness (QED) is 0.236. The van der Waals surface area contributed by atoms with Crippen LogP contribution in [0, 0.1) is 0 Å². The Morgan fingerprint density at radius 1 is 1.12 bits per heavy atom. The van der Waals surface area contributed by atoms with E-state index >= 15 is 0 Å². The van der Waals surface area contributed by atoms with Crippen molar-refractivity contribution in [2.45, 2.75) is 18.0 Å². The van der Waals surface area contributed by atoms with E-state index in [1.807, 2.05) is 42.7 Å². The van der Waals surface area contributed by atoms with Crippen LogP contribution in [0.15, 0.2) is 59.8 Å². The number of halogens is 1. The lowest BCUT2D eigenvalue weighted by Crippen LogP contribution is -2.19. The molecule has 1 N–H and O–H groups in total. The lowest BCUT2D eigenvalue weighted by Gasteiger charge is -2.17. The molecular formula is C24H21ClN4O2S2. The Kier molecular flexibility index (Phi) is 6.39. The van der Waals surface area contributed by atoms with Crippen molar-refractivity contribution in [3.05, 3.63) is 64.5 Å². The molecule has 0 unspecified atom stereocenters. The molecule has 1 amide bonds. The van der Waals surface area contributed by atoms with Crippen molar-refractivity contribution >= 4 is 62.3 Å². The van der Waals surface area contributed by atoms with Crippen molar-refractivity contribution < 1.29 is 9.53 Å². The van der Waals surface area contributed by atoms with Crippen molar-refractivity contribution in [2.24, 2.45) is 0 Å². The van der Waals surface area contributed by atoms with E-state index in [0.29, 0.717) is 32.2 Å². The predicted octanol–water partition coefficient (Wildman–Crippen LogP) is 6.71. The number of anilines is 2. The number of hydrogen-bond donors (Lipinski definition) is 1. The van der Waals surface area contributed by atoms with Gasteiger partial charge in [-0.15, -0.1) is 11.3 Å². The Labute approximate surface area is 205 Å². The highest BCUT2D eigenvalue weighted by molar-refractivity contribution is 7.98. The van der Waals surface area contributed by atoms with Crippen molar-refractivity contribution in [3.8, 4) is 11.5 Å². The first-order valence-electron chi connectivity index (χ1n) is 10.5. The molecule has 3 heterocycles. The fourth-order valence-corrected chi connectivity index (χ4v) is 5.26. The zero-order valence-electron chi connectivity index (χ0n) is 17.9. The molecule has 6 nitrogen and oxygen atoms in total. The molecule has 0 saturated carbocycles. The molecule has 1 aliphatic heterocycles. The second-order valence-corrected chi connectivity index (χ2v) is 9.81. The molecule has 0 atom stereocenters. The molecule has 168 valence electrons. The number of hydrogen-bond acceptors (Lipinski definition) is 7. The highest BCUT2D eigenvalue weighted by Gasteiger charge is 2.22. The normalized spacial score (nSPS) is 13.5. The Hall–Kier alpha value is -2.81. The lowest BCUT2D eigenvalue weighted by molar-refractivity contribution is 0.103. The second-order valence-electron chi connectivity index (χ2n) is 7.57. The van der Waals surface area contributed by atoms with E-state index < -0.39 is 0 Å². The summed E-state index contributed by atoms with van der Waals surface area (Å²) in [6.45, 7) is 1.94. The molecular weight excluding hydrogens is 476 g/mol. The van der Waals surface area contributed by atoms with Gasteiger partial charge >= 0.3 is 0 Å². The summed E-state index contributed by atoms with van der Waals surface area (Å²) in [6, 6.07) is 16.5. The zero-order valence-corrected chi connectivity index (χ0v) is 20.3. The number of ether oxygens (including phenoxy) is 1. The largest absolute Gasteiger partial charge is 0.455 e. The highest BCUT2D eigenvalue weighted by atomic mass is 35.5. The maximum Gasteiger partial charge on any atom is 0.265 e.